The van der Waals surface area contributed by atoms with Gasteiger partial charge in [-0.1, -0.05) is 170 Å². The van der Waals surface area contributed by atoms with Crippen molar-refractivity contribution in [1.29, 1.82) is 0 Å². The second kappa shape index (κ2) is 13.6. The second-order valence-electron chi connectivity index (χ2n) is 16.0. The van der Waals surface area contributed by atoms with Crippen LogP contribution in [0.2, 0.25) is 0 Å². The van der Waals surface area contributed by atoms with Gasteiger partial charge < -0.3 is 4.57 Å². The molecule has 62 heavy (non-hydrogen) atoms. The summed E-state index contributed by atoms with van der Waals surface area (Å²) in [4.78, 5) is 15.7. The van der Waals surface area contributed by atoms with Gasteiger partial charge in [0.1, 0.15) is 0 Å². The number of nitrogens with zero attached hydrogens (tertiary/aromatic N) is 5. The Morgan fingerprint density at radius 3 is 1.32 bits per heavy atom. The summed E-state index contributed by atoms with van der Waals surface area (Å²) in [7, 11) is 0. The molecule has 0 fully saturated rings. The molecule has 13 rings (SSSR count). The van der Waals surface area contributed by atoms with Crippen LogP contribution in [0, 0.1) is 0 Å². The summed E-state index contributed by atoms with van der Waals surface area (Å²) in [5.74, 6) is 1.81. The number of hydrogen-bond donors (Lipinski definition) is 0. The Morgan fingerprint density at radius 2 is 0.694 bits per heavy atom. The van der Waals surface area contributed by atoms with Gasteiger partial charge in [0.15, 0.2) is 11.6 Å². The number of fused-ring (bicyclic) bond motifs is 12. The van der Waals surface area contributed by atoms with Crippen molar-refractivity contribution in [1.82, 2.24) is 24.1 Å². The minimum Gasteiger partial charge on any atom is -0.309 e. The van der Waals surface area contributed by atoms with Gasteiger partial charge in [-0.25, -0.2) is 4.98 Å². The Morgan fingerprint density at radius 1 is 0.242 bits per heavy atom. The Kier molecular flexibility index (Phi) is 7.54. The van der Waals surface area contributed by atoms with Gasteiger partial charge in [-0.15, -0.1) is 0 Å². The molecular formula is C57H35N5. The largest absolute Gasteiger partial charge is 0.309 e. The first-order chi connectivity index (χ1) is 30.7. The minimum absolute atomic E-state index is 0.571. The van der Waals surface area contributed by atoms with Crippen LogP contribution in [0.3, 0.4) is 0 Å². The van der Waals surface area contributed by atoms with Crippen LogP contribution in [0.15, 0.2) is 212 Å². The lowest BCUT2D eigenvalue weighted by molar-refractivity contribution is 0.954. The highest BCUT2D eigenvalue weighted by Gasteiger charge is 2.22. The zero-order chi connectivity index (χ0) is 40.7. The molecule has 0 saturated heterocycles. The SMILES string of the molecule is c1ccc(-c2cccc(-c3nc(-c4ccccc4)nc(-n4c5ccccc5c5cc6c(cc54)c4ccccc4n6-c4ccc5c6ccccc6c6ccccc6c5c4)n3)c2)cc1. The van der Waals surface area contributed by atoms with Crippen molar-refractivity contribution in [2.45, 2.75) is 0 Å². The van der Waals surface area contributed by atoms with Crippen LogP contribution in [-0.2, 0) is 0 Å². The highest BCUT2D eigenvalue weighted by Crippen LogP contribution is 2.42. The van der Waals surface area contributed by atoms with E-state index in [4.69, 9.17) is 15.0 Å². The molecule has 0 aliphatic carbocycles. The van der Waals surface area contributed by atoms with Gasteiger partial charge in [0.05, 0.1) is 22.1 Å². The number of aromatic nitrogens is 5. The van der Waals surface area contributed by atoms with E-state index in [1.807, 2.05) is 24.3 Å². The molecule has 0 N–H and O–H groups in total. The Bertz CT molecular complexity index is 3880. The normalized spacial score (nSPS) is 11.9. The first kappa shape index (κ1) is 34.5. The topological polar surface area (TPSA) is 48.5 Å². The summed E-state index contributed by atoms with van der Waals surface area (Å²) in [6.07, 6.45) is 0. The molecule has 0 bridgehead atoms. The van der Waals surface area contributed by atoms with Gasteiger partial charge >= 0.3 is 0 Å². The van der Waals surface area contributed by atoms with E-state index >= 15 is 0 Å². The first-order valence-electron chi connectivity index (χ1n) is 21.0. The lowest BCUT2D eigenvalue weighted by Gasteiger charge is -2.14. The van der Waals surface area contributed by atoms with E-state index in [1.165, 1.54) is 37.7 Å². The van der Waals surface area contributed by atoms with Crippen LogP contribution in [0.1, 0.15) is 0 Å². The van der Waals surface area contributed by atoms with E-state index in [0.717, 1.165) is 66.2 Å². The van der Waals surface area contributed by atoms with Crippen LogP contribution in [0.4, 0.5) is 0 Å². The maximum Gasteiger partial charge on any atom is 0.238 e. The lowest BCUT2D eigenvalue weighted by Crippen LogP contribution is -2.06. The van der Waals surface area contributed by atoms with E-state index in [1.54, 1.807) is 0 Å². The molecule has 13 aromatic rings. The molecule has 0 atom stereocenters. The molecule has 0 unspecified atom stereocenters. The molecule has 0 aliphatic rings. The molecule has 5 heteroatoms. The van der Waals surface area contributed by atoms with E-state index in [-0.39, 0.29) is 0 Å². The van der Waals surface area contributed by atoms with Crippen molar-refractivity contribution < 1.29 is 0 Å². The van der Waals surface area contributed by atoms with Gasteiger partial charge in [0.2, 0.25) is 5.95 Å². The third-order valence-electron chi connectivity index (χ3n) is 12.5. The quantitative estimate of drug-likeness (QED) is 0.163. The molecular weight excluding hydrogens is 755 g/mol. The molecule has 0 saturated carbocycles. The molecule has 0 radical (unpaired) electrons. The highest BCUT2D eigenvalue weighted by atomic mass is 15.2. The number of benzene rings is 10. The standard InChI is InChI=1S/C57H35N5/c1-3-16-36(17-4-1)38-20-15-21-39(32-38)56-58-55(37-18-5-2-6-19-37)59-57(60-56)62-52-29-14-12-27-47(52)50-34-53-49(35-54(50)62)46-26-11-13-28-51(46)61(53)40-30-31-45-43-24-8-7-22-41(43)42-23-9-10-25-44(42)48(45)33-40/h1-35H. The smallest absolute Gasteiger partial charge is 0.238 e. The van der Waals surface area contributed by atoms with Crippen LogP contribution in [0.25, 0.3) is 121 Å². The highest BCUT2D eigenvalue weighted by molar-refractivity contribution is 6.26. The van der Waals surface area contributed by atoms with Crippen molar-refractivity contribution in [2.75, 3.05) is 0 Å². The summed E-state index contributed by atoms with van der Waals surface area (Å²) in [6.45, 7) is 0. The van der Waals surface area contributed by atoms with E-state index < -0.39 is 0 Å². The average molecular weight is 790 g/mol. The summed E-state index contributed by atoms with van der Waals surface area (Å²) >= 11 is 0. The summed E-state index contributed by atoms with van der Waals surface area (Å²) in [5, 5.41) is 12.2. The van der Waals surface area contributed by atoms with Crippen LogP contribution in [-0.4, -0.2) is 24.1 Å². The van der Waals surface area contributed by atoms with E-state index in [2.05, 4.69) is 197 Å². The fourth-order valence-electron chi connectivity index (χ4n) is 9.74. The van der Waals surface area contributed by atoms with Crippen molar-refractivity contribution >= 4 is 75.9 Å². The van der Waals surface area contributed by atoms with Crippen LogP contribution in [0.5, 0.6) is 0 Å². The number of rotatable bonds is 5. The molecule has 0 aliphatic heterocycles. The zero-order valence-electron chi connectivity index (χ0n) is 33.4. The summed E-state index contributed by atoms with van der Waals surface area (Å²) < 4.78 is 4.66. The average Bonchev–Trinajstić information content (AvgIpc) is 3.85. The third-order valence-corrected chi connectivity index (χ3v) is 12.5. The van der Waals surface area contributed by atoms with Crippen molar-refractivity contribution in [2.24, 2.45) is 0 Å². The number of para-hydroxylation sites is 2. The Hall–Kier alpha value is -8.41. The van der Waals surface area contributed by atoms with Gasteiger partial charge in [-0.3, -0.25) is 4.57 Å². The zero-order valence-corrected chi connectivity index (χ0v) is 33.4. The van der Waals surface area contributed by atoms with Gasteiger partial charge in [0, 0.05) is 38.4 Å². The van der Waals surface area contributed by atoms with Crippen molar-refractivity contribution in [3.8, 4) is 45.5 Å². The summed E-state index contributed by atoms with van der Waals surface area (Å²) in [5.41, 5.74) is 9.59. The maximum absolute atomic E-state index is 5.31. The Labute approximate surface area is 356 Å². The number of hydrogen-bond acceptors (Lipinski definition) is 3. The molecule has 0 amide bonds. The monoisotopic (exact) mass is 789 g/mol. The predicted molar refractivity (Wildman–Crippen MR) is 257 cm³/mol. The van der Waals surface area contributed by atoms with Gasteiger partial charge in [-0.05, 0) is 85.9 Å². The lowest BCUT2D eigenvalue weighted by atomic mass is 9.94. The maximum atomic E-state index is 5.31. The first-order valence-corrected chi connectivity index (χ1v) is 21.0. The fourth-order valence-corrected chi connectivity index (χ4v) is 9.74. The van der Waals surface area contributed by atoms with Crippen molar-refractivity contribution in [3.63, 3.8) is 0 Å². The summed E-state index contributed by atoms with van der Waals surface area (Å²) in [6, 6.07) is 75.7. The fraction of sp³-hybridized carbons (Fsp3) is 0. The minimum atomic E-state index is 0.571. The molecule has 10 aromatic carbocycles. The second-order valence-corrected chi connectivity index (χ2v) is 16.0. The van der Waals surface area contributed by atoms with Crippen molar-refractivity contribution in [3.05, 3.63) is 212 Å². The predicted octanol–water partition coefficient (Wildman–Crippen LogP) is 14.5. The van der Waals surface area contributed by atoms with E-state index in [9.17, 15) is 0 Å². The van der Waals surface area contributed by atoms with E-state index in [0.29, 0.717) is 17.6 Å². The van der Waals surface area contributed by atoms with Gasteiger partial charge in [-0.2, -0.15) is 9.97 Å². The molecule has 3 heterocycles. The Balaban J connectivity index is 1.07. The molecule has 3 aromatic heterocycles. The van der Waals surface area contributed by atoms with Crippen LogP contribution < -0.4 is 0 Å². The molecule has 5 nitrogen and oxygen atoms in total. The third kappa shape index (κ3) is 5.25. The molecule has 0 spiro atoms. The van der Waals surface area contributed by atoms with Crippen LogP contribution >= 0.6 is 0 Å². The molecule has 288 valence electrons. The van der Waals surface area contributed by atoms with Gasteiger partial charge in [0.25, 0.3) is 0 Å².